The van der Waals surface area contributed by atoms with E-state index in [4.69, 9.17) is 0 Å². The minimum atomic E-state index is 0.0588. The summed E-state index contributed by atoms with van der Waals surface area (Å²) >= 11 is 0. The van der Waals surface area contributed by atoms with E-state index >= 15 is 0 Å². The SMILES string of the molecule is C/C=C/NCc1cc2ccccc2n(CC2=CC=NC2)c1=O. The first kappa shape index (κ1) is 14.3. The Morgan fingerprint density at radius 3 is 3.00 bits per heavy atom. The standard InChI is InChI=1S/C18H19N3O/c1-2-8-19-12-16-10-15-5-3-4-6-17(15)21(18(16)22)13-14-7-9-20-11-14/h2-10,19H,11-13H2,1H3/b8-2+. The van der Waals surface area contributed by atoms with Gasteiger partial charge in [-0.15, -0.1) is 0 Å². The van der Waals surface area contributed by atoms with Gasteiger partial charge in [-0.2, -0.15) is 0 Å². The van der Waals surface area contributed by atoms with E-state index in [1.807, 2.05) is 60.2 Å². The van der Waals surface area contributed by atoms with Gasteiger partial charge in [0.05, 0.1) is 12.1 Å². The molecule has 1 aliphatic rings. The third-order valence-electron chi connectivity index (χ3n) is 3.73. The van der Waals surface area contributed by atoms with Crippen LogP contribution >= 0.6 is 0 Å². The molecule has 0 spiro atoms. The number of rotatable bonds is 5. The highest BCUT2D eigenvalue weighted by Gasteiger charge is 2.11. The van der Waals surface area contributed by atoms with E-state index in [1.165, 1.54) is 0 Å². The zero-order valence-corrected chi connectivity index (χ0v) is 12.6. The molecule has 4 heteroatoms. The lowest BCUT2D eigenvalue weighted by Crippen LogP contribution is -2.27. The smallest absolute Gasteiger partial charge is 0.256 e. The molecular formula is C18H19N3O. The Hall–Kier alpha value is -2.62. The van der Waals surface area contributed by atoms with Crippen LogP contribution in [0.4, 0.5) is 0 Å². The number of allylic oxidation sites excluding steroid dienone is 2. The van der Waals surface area contributed by atoms with Crippen molar-refractivity contribution >= 4 is 17.1 Å². The summed E-state index contributed by atoms with van der Waals surface area (Å²) in [4.78, 5) is 17.0. The molecule has 1 aromatic carbocycles. The van der Waals surface area contributed by atoms with Crippen LogP contribution in [-0.2, 0) is 13.1 Å². The quantitative estimate of drug-likeness (QED) is 0.921. The molecule has 0 aliphatic carbocycles. The van der Waals surface area contributed by atoms with Crippen molar-refractivity contribution in [3.8, 4) is 0 Å². The molecular weight excluding hydrogens is 274 g/mol. The molecule has 0 saturated heterocycles. The first-order chi connectivity index (χ1) is 10.8. The Balaban J connectivity index is 2.06. The summed E-state index contributed by atoms with van der Waals surface area (Å²) in [5.41, 5.74) is 2.96. The van der Waals surface area contributed by atoms with Crippen molar-refractivity contribution in [3.63, 3.8) is 0 Å². The molecule has 2 heterocycles. The number of hydrogen-bond donors (Lipinski definition) is 1. The molecule has 0 saturated carbocycles. The molecule has 0 fully saturated rings. The summed E-state index contributed by atoms with van der Waals surface area (Å²) < 4.78 is 1.85. The highest BCUT2D eigenvalue weighted by molar-refractivity contribution is 5.80. The first-order valence-corrected chi connectivity index (χ1v) is 7.43. The van der Waals surface area contributed by atoms with Gasteiger partial charge in [-0.25, -0.2) is 0 Å². The summed E-state index contributed by atoms with van der Waals surface area (Å²) in [7, 11) is 0. The van der Waals surface area contributed by atoms with Crippen molar-refractivity contribution in [2.45, 2.75) is 20.0 Å². The normalized spacial score (nSPS) is 14.0. The fourth-order valence-corrected chi connectivity index (χ4v) is 2.64. The monoisotopic (exact) mass is 293 g/mol. The van der Waals surface area contributed by atoms with E-state index in [2.05, 4.69) is 10.3 Å². The van der Waals surface area contributed by atoms with Gasteiger partial charge in [0.15, 0.2) is 0 Å². The van der Waals surface area contributed by atoms with Crippen LogP contribution in [0.2, 0.25) is 0 Å². The molecule has 0 radical (unpaired) electrons. The molecule has 0 unspecified atom stereocenters. The average molecular weight is 293 g/mol. The number of aromatic nitrogens is 1. The predicted molar refractivity (Wildman–Crippen MR) is 91.3 cm³/mol. The highest BCUT2D eigenvalue weighted by Crippen LogP contribution is 2.15. The summed E-state index contributed by atoms with van der Waals surface area (Å²) in [6.45, 7) is 3.75. The summed E-state index contributed by atoms with van der Waals surface area (Å²) in [5, 5.41) is 4.23. The number of fused-ring (bicyclic) bond motifs is 1. The van der Waals surface area contributed by atoms with E-state index in [9.17, 15) is 4.79 Å². The number of benzene rings is 1. The second kappa shape index (κ2) is 6.43. The lowest BCUT2D eigenvalue weighted by atomic mass is 10.1. The molecule has 0 bridgehead atoms. The van der Waals surface area contributed by atoms with Crippen LogP contribution in [0.15, 0.2) is 64.0 Å². The number of hydrogen-bond acceptors (Lipinski definition) is 3. The molecule has 22 heavy (non-hydrogen) atoms. The minimum absolute atomic E-state index is 0.0588. The minimum Gasteiger partial charge on any atom is -0.387 e. The Morgan fingerprint density at radius 1 is 1.36 bits per heavy atom. The molecule has 1 N–H and O–H groups in total. The molecule has 0 amide bonds. The number of nitrogens with zero attached hydrogens (tertiary/aromatic N) is 2. The van der Waals surface area contributed by atoms with E-state index in [0.29, 0.717) is 19.6 Å². The second-order valence-corrected chi connectivity index (χ2v) is 5.32. The molecule has 112 valence electrons. The second-order valence-electron chi connectivity index (χ2n) is 5.32. The number of aliphatic imine (C=N–C) groups is 1. The highest BCUT2D eigenvalue weighted by atomic mass is 16.1. The third kappa shape index (κ3) is 2.86. The first-order valence-electron chi connectivity index (χ1n) is 7.43. The molecule has 3 rings (SSSR count). The maximum absolute atomic E-state index is 12.8. The van der Waals surface area contributed by atoms with Crippen LogP contribution < -0.4 is 10.9 Å². The van der Waals surface area contributed by atoms with Gasteiger partial charge in [0.25, 0.3) is 5.56 Å². The van der Waals surface area contributed by atoms with E-state index in [1.54, 1.807) is 6.21 Å². The summed E-state index contributed by atoms with van der Waals surface area (Å²) in [6, 6.07) is 9.98. The van der Waals surface area contributed by atoms with Crippen molar-refractivity contribution in [1.29, 1.82) is 0 Å². The summed E-state index contributed by atoms with van der Waals surface area (Å²) in [6.07, 6.45) is 7.57. The molecule has 2 aromatic rings. The van der Waals surface area contributed by atoms with Gasteiger partial charge in [0, 0.05) is 24.9 Å². The number of pyridine rings is 1. The molecule has 4 nitrogen and oxygen atoms in total. The van der Waals surface area contributed by atoms with Crippen LogP contribution in [0.1, 0.15) is 12.5 Å². The summed E-state index contributed by atoms with van der Waals surface area (Å²) in [5.74, 6) is 0. The van der Waals surface area contributed by atoms with Gasteiger partial charge in [-0.05, 0) is 42.3 Å². The van der Waals surface area contributed by atoms with Gasteiger partial charge in [-0.3, -0.25) is 9.79 Å². The Morgan fingerprint density at radius 2 is 2.23 bits per heavy atom. The van der Waals surface area contributed by atoms with Crippen LogP contribution in [0, 0.1) is 0 Å². The Bertz CT molecular complexity index is 828. The number of nitrogens with one attached hydrogen (secondary N) is 1. The fourth-order valence-electron chi connectivity index (χ4n) is 2.64. The topological polar surface area (TPSA) is 46.4 Å². The van der Waals surface area contributed by atoms with Crippen LogP contribution in [-0.4, -0.2) is 17.3 Å². The van der Waals surface area contributed by atoms with Crippen LogP contribution in [0.5, 0.6) is 0 Å². The Labute approximate surface area is 129 Å². The van der Waals surface area contributed by atoms with Gasteiger partial charge >= 0.3 is 0 Å². The average Bonchev–Trinajstić information content (AvgIpc) is 3.04. The molecule has 0 atom stereocenters. The predicted octanol–water partition coefficient (Wildman–Crippen LogP) is 2.64. The zero-order chi connectivity index (χ0) is 15.4. The zero-order valence-electron chi connectivity index (χ0n) is 12.6. The van der Waals surface area contributed by atoms with E-state index in [-0.39, 0.29) is 5.56 Å². The maximum atomic E-state index is 12.8. The fraction of sp³-hybridized carbons (Fsp3) is 0.222. The van der Waals surface area contributed by atoms with Crippen molar-refractivity contribution < 1.29 is 0 Å². The van der Waals surface area contributed by atoms with Gasteiger partial charge in [-0.1, -0.05) is 24.3 Å². The van der Waals surface area contributed by atoms with Crippen molar-refractivity contribution in [3.05, 3.63) is 70.2 Å². The third-order valence-corrected chi connectivity index (χ3v) is 3.73. The Kier molecular flexibility index (Phi) is 4.19. The van der Waals surface area contributed by atoms with Crippen molar-refractivity contribution in [2.75, 3.05) is 6.54 Å². The van der Waals surface area contributed by atoms with E-state index < -0.39 is 0 Å². The van der Waals surface area contributed by atoms with Crippen molar-refractivity contribution in [2.24, 2.45) is 4.99 Å². The lowest BCUT2D eigenvalue weighted by Gasteiger charge is -2.13. The molecule has 1 aromatic heterocycles. The van der Waals surface area contributed by atoms with Gasteiger partial charge in [0.2, 0.25) is 0 Å². The van der Waals surface area contributed by atoms with Gasteiger partial charge in [0.1, 0.15) is 0 Å². The largest absolute Gasteiger partial charge is 0.387 e. The number of para-hydroxylation sites is 1. The lowest BCUT2D eigenvalue weighted by molar-refractivity contribution is 0.743. The van der Waals surface area contributed by atoms with Crippen LogP contribution in [0.3, 0.4) is 0 Å². The van der Waals surface area contributed by atoms with Crippen molar-refractivity contribution in [1.82, 2.24) is 9.88 Å². The maximum Gasteiger partial charge on any atom is 0.256 e. The van der Waals surface area contributed by atoms with Crippen LogP contribution in [0.25, 0.3) is 10.9 Å². The van der Waals surface area contributed by atoms with Gasteiger partial charge < -0.3 is 9.88 Å². The molecule has 1 aliphatic heterocycles. The van der Waals surface area contributed by atoms with E-state index in [0.717, 1.165) is 22.0 Å².